The van der Waals surface area contributed by atoms with Crippen LogP contribution in [0.25, 0.3) is 0 Å². The van der Waals surface area contributed by atoms with E-state index in [-0.39, 0.29) is 5.41 Å². The molecular formula is C19H24N8S. The fourth-order valence-corrected chi connectivity index (χ4v) is 3.71. The van der Waals surface area contributed by atoms with Crippen molar-refractivity contribution in [2.24, 2.45) is 0 Å². The SMILES string of the molecule is Cc1cnc(NCCCn2cncn2)nc1C(C#N)c1nc(C(C)(C)C)cs1. The molecule has 9 heteroatoms. The van der Waals surface area contributed by atoms with Crippen molar-refractivity contribution in [3.8, 4) is 6.07 Å². The van der Waals surface area contributed by atoms with Crippen molar-refractivity contribution in [3.05, 3.63) is 46.2 Å². The van der Waals surface area contributed by atoms with E-state index in [9.17, 15) is 5.26 Å². The summed E-state index contributed by atoms with van der Waals surface area (Å²) in [5, 5.41) is 19.9. The Morgan fingerprint density at radius 2 is 2.14 bits per heavy atom. The smallest absolute Gasteiger partial charge is 0.222 e. The second-order valence-electron chi connectivity index (χ2n) is 7.58. The van der Waals surface area contributed by atoms with Gasteiger partial charge in [0.15, 0.2) is 0 Å². The molecule has 1 atom stereocenters. The molecule has 8 nitrogen and oxygen atoms in total. The van der Waals surface area contributed by atoms with Crippen molar-refractivity contribution < 1.29 is 0 Å². The monoisotopic (exact) mass is 396 g/mol. The zero-order valence-corrected chi connectivity index (χ0v) is 17.4. The number of rotatable bonds is 7. The first kappa shape index (κ1) is 19.9. The van der Waals surface area contributed by atoms with Gasteiger partial charge in [-0.25, -0.2) is 19.9 Å². The van der Waals surface area contributed by atoms with Crippen LogP contribution in [0, 0.1) is 18.3 Å². The minimum atomic E-state index is -0.500. The second kappa shape index (κ2) is 8.44. The molecule has 1 unspecified atom stereocenters. The van der Waals surface area contributed by atoms with Crippen molar-refractivity contribution >= 4 is 17.3 Å². The second-order valence-corrected chi connectivity index (χ2v) is 8.47. The minimum Gasteiger partial charge on any atom is -0.354 e. The van der Waals surface area contributed by atoms with Crippen molar-refractivity contribution in [1.82, 2.24) is 29.7 Å². The Morgan fingerprint density at radius 3 is 2.79 bits per heavy atom. The van der Waals surface area contributed by atoms with Crippen LogP contribution in [0.1, 0.15) is 55.1 Å². The number of hydrogen-bond acceptors (Lipinski definition) is 8. The van der Waals surface area contributed by atoms with Gasteiger partial charge in [0.05, 0.1) is 17.5 Å². The topological polar surface area (TPSA) is 105 Å². The van der Waals surface area contributed by atoms with Gasteiger partial charge in [0.2, 0.25) is 5.95 Å². The molecule has 3 rings (SSSR count). The molecule has 0 bridgehead atoms. The van der Waals surface area contributed by atoms with Gasteiger partial charge < -0.3 is 5.32 Å². The van der Waals surface area contributed by atoms with Crippen LogP contribution in [-0.4, -0.2) is 36.3 Å². The lowest BCUT2D eigenvalue weighted by molar-refractivity contribution is 0.570. The van der Waals surface area contributed by atoms with Crippen LogP contribution >= 0.6 is 11.3 Å². The zero-order chi connectivity index (χ0) is 20.1. The van der Waals surface area contributed by atoms with Gasteiger partial charge in [0.25, 0.3) is 0 Å². The molecule has 0 saturated carbocycles. The number of nitrogens with one attached hydrogen (secondary N) is 1. The van der Waals surface area contributed by atoms with Gasteiger partial charge in [-0.05, 0) is 18.9 Å². The highest BCUT2D eigenvalue weighted by molar-refractivity contribution is 7.09. The van der Waals surface area contributed by atoms with Crippen molar-refractivity contribution in [2.75, 3.05) is 11.9 Å². The van der Waals surface area contributed by atoms with Gasteiger partial charge in [-0.1, -0.05) is 20.8 Å². The van der Waals surface area contributed by atoms with Crippen LogP contribution in [0.15, 0.2) is 24.2 Å². The highest BCUT2D eigenvalue weighted by Crippen LogP contribution is 2.31. The van der Waals surface area contributed by atoms with Gasteiger partial charge in [-0.3, -0.25) is 4.68 Å². The number of aromatic nitrogens is 6. The molecule has 0 saturated heterocycles. The fraction of sp³-hybridized carbons (Fsp3) is 0.474. The van der Waals surface area contributed by atoms with E-state index in [2.05, 4.69) is 52.2 Å². The van der Waals surface area contributed by atoms with E-state index in [0.29, 0.717) is 18.2 Å². The summed E-state index contributed by atoms with van der Waals surface area (Å²) in [6.45, 7) is 9.73. The summed E-state index contributed by atoms with van der Waals surface area (Å²) in [5.74, 6) is 0.0202. The molecule has 3 heterocycles. The first-order valence-electron chi connectivity index (χ1n) is 9.14. The molecule has 146 valence electrons. The van der Waals surface area contributed by atoms with E-state index >= 15 is 0 Å². The molecule has 0 aromatic carbocycles. The molecular weight excluding hydrogens is 372 g/mol. The highest BCUT2D eigenvalue weighted by atomic mass is 32.1. The Morgan fingerprint density at radius 1 is 1.32 bits per heavy atom. The van der Waals surface area contributed by atoms with E-state index in [4.69, 9.17) is 4.98 Å². The average molecular weight is 397 g/mol. The Labute approximate surface area is 168 Å². The summed E-state index contributed by atoms with van der Waals surface area (Å²) >= 11 is 1.51. The maximum Gasteiger partial charge on any atom is 0.222 e. The lowest BCUT2D eigenvalue weighted by Crippen LogP contribution is -2.13. The molecule has 3 aromatic rings. The number of nitriles is 1. The van der Waals surface area contributed by atoms with Crippen molar-refractivity contribution in [3.63, 3.8) is 0 Å². The standard InChI is InChI=1S/C19H24N8S/c1-13-9-23-18(22-6-5-7-27-12-21-11-24-27)26-16(13)14(8-20)17-25-15(10-28-17)19(2,3)4/h9-12,14H,5-7H2,1-4H3,(H,22,23,26). The molecule has 0 amide bonds. The van der Waals surface area contributed by atoms with Crippen molar-refractivity contribution in [2.45, 2.75) is 52.0 Å². The number of hydrogen-bond donors (Lipinski definition) is 1. The molecule has 0 aliphatic heterocycles. The van der Waals surface area contributed by atoms with Crippen LogP contribution in [0.4, 0.5) is 5.95 Å². The summed E-state index contributed by atoms with van der Waals surface area (Å²) in [4.78, 5) is 17.6. The number of anilines is 1. The van der Waals surface area contributed by atoms with Crippen LogP contribution in [0.2, 0.25) is 0 Å². The lowest BCUT2D eigenvalue weighted by atomic mass is 9.93. The fourth-order valence-electron chi connectivity index (χ4n) is 2.62. The number of thiazole rings is 1. The summed E-state index contributed by atoms with van der Waals surface area (Å²) in [6.07, 6.45) is 5.83. The van der Waals surface area contributed by atoms with Crippen LogP contribution < -0.4 is 5.32 Å². The Balaban J connectivity index is 1.72. The van der Waals surface area contributed by atoms with Gasteiger partial charge in [-0.2, -0.15) is 10.4 Å². The number of aryl methyl sites for hydroxylation is 2. The predicted octanol–water partition coefficient (Wildman–Crippen LogP) is 3.29. The maximum atomic E-state index is 9.80. The molecule has 28 heavy (non-hydrogen) atoms. The molecule has 1 N–H and O–H groups in total. The lowest BCUT2D eigenvalue weighted by Gasteiger charge is -2.15. The van der Waals surface area contributed by atoms with E-state index in [1.54, 1.807) is 17.2 Å². The molecule has 0 spiro atoms. The Hall–Kier alpha value is -2.86. The van der Waals surface area contributed by atoms with E-state index < -0.39 is 5.92 Å². The molecule has 0 aliphatic rings. The molecule has 0 fully saturated rings. The largest absolute Gasteiger partial charge is 0.354 e. The average Bonchev–Trinajstić information content (AvgIpc) is 3.33. The van der Waals surface area contributed by atoms with Crippen LogP contribution in [-0.2, 0) is 12.0 Å². The summed E-state index contributed by atoms with van der Waals surface area (Å²) in [7, 11) is 0. The quantitative estimate of drug-likeness (QED) is 0.611. The number of nitrogens with zero attached hydrogens (tertiary/aromatic N) is 7. The van der Waals surface area contributed by atoms with E-state index in [0.717, 1.165) is 29.2 Å². The molecule has 3 aromatic heterocycles. The van der Waals surface area contributed by atoms with Crippen molar-refractivity contribution in [1.29, 1.82) is 5.26 Å². The van der Waals surface area contributed by atoms with Crippen LogP contribution in [0.3, 0.4) is 0 Å². The summed E-state index contributed by atoms with van der Waals surface area (Å²) in [5.41, 5.74) is 2.52. The minimum absolute atomic E-state index is 0.0493. The Bertz CT molecular complexity index is 949. The van der Waals surface area contributed by atoms with Gasteiger partial charge >= 0.3 is 0 Å². The van der Waals surface area contributed by atoms with Gasteiger partial charge in [0, 0.05) is 30.1 Å². The first-order chi connectivity index (χ1) is 13.4. The molecule has 0 radical (unpaired) electrons. The third-order valence-electron chi connectivity index (χ3n) is 4.26. The third kappa shape index (κ3) is 4.70. The zero-order valence-electron chi connectivity index (χ0n) is 16.5. The first-order valence-corrected chi connectivity index (χ1v) is 10.0. The molecule has 0 aliphatic carbocycles. The Kier molecular flexibility index (Phi) is 5.99. The predicted molar refractivity (Wildman–Crippen MR) is 108 cm³/mol. The summed E-state index contributed by atoms with van der Waals surface area (Å²) in [6, 6.07) is 2.36. The normalized spacial score (nSPS) is 12.5. The third-order valence-corrected chi connectivity index (χ3v) is 5.17. The van der Waals surface area contributed by atoms with Crippen LogP contribution in [0.5, 0.6) is 0 Å². The maximum absolute atomic E-state index is 9.80. The van der Waals surface area contributed by atoms with E-state index in [1.165, 1.54) is 17.7 Å². The van der Waals surface area contributed by atoms with E-state index in [1.807, 2.05) is 12.3 Å². The van der Waals surface area contributed by atoms with Gasteiger partial charge in [0.1, 0.15) is 23.6 Å². The summed E-state index contributed by atoms with van der Waals surface area (Å²) < 4.78 is 1.78. The highest BCUT2D eigenvalue weighted by Gasteiger charge is 2.25. The van der Waals surface area contributed by atoms with Gasteiger partial charge in [-0.15, -0.1) is 11.3 Å².